The van der Waals surface area contributed by atoms with Crippen molar-refractivity contribution < 1.29 is 9.32 Å². The van der Waals surface area contributed by atoms with Crippen LogP contribution in [0.5, 0.6) is 0 Å². The van der Waals surface area contributed by atoms with Crippen LogP contribution in [0.4, 0.5) is 0 Å². The molecule has 1 saturated carbocycles. The van der Waals surface area contributed by atoms with E-state index in [4.69, 9.17) is 4.52 Å². The summed E-state index contributed by atoms with van der Waals surface area (Å²) in [5.41, 5.74) is -0.659. The average Bonchev–Trinajstić information content (AvgIpc) is 3.27. The Bertz CT molecular complexity index is 600. The van der Waals surface area contributed by atoms with E-state index in [-0.39, 0.29) is 18.5 Å². The van der Waals surface area contributed by atoms with Gasteiger partial charge in [0.2, 0.25) is 11.8 Å². The number of aryl methyl sites for hydroxylation is 1. The van der Waals surface area contributed by atoms with Gasteiger partial charge in [-0.2, -0.15) is 10.2 Å². The lowest BCUT2D eigenvalue weighted by molar-refractivity contribution is -0.123. The standard InChI is InChI=1S/C16H23N5O2/c1-2-14-18-15(20-23-14)12-6-5-9-21(12)10-13(22)19-16(11-17)7-3-4-8-16/h12H,2-10H2,1H3,(H,19,22)/t12-/m1/s1. The summed E-state index contributed by atoms with van der Waals surface area (Å²) in [6.07, 6.45) is 6.17. The number of hydrogen-bond acceptors (Lipinski definition) is 6. The summed E-state index contributed by atoms with van der Waals surface area (Å²) in [7, 11) is 0. The molecule has 1 amide bonds. The van der Waals surface area contributed by atoms with Crippen LogP contribution in [0.2, 0.25) is 0 Å². The highest BCUT2D eigenvalue weighted by molar-refractivity contribution is 5.79. The van der Waals surface area contributed by atoms with Crippen molar-refractivity contribution in [1.82, 2.24) is 20.4 Å². The summed E-state index contributed by atoms with van der Waals surface area (Å²) in [4.78, 5) is 18.9. The number of likely N-dealkylation sites (tertiary alicyclic amines) is 1. The second kappa shape index (κ2) is 6.67. The number of carbonyl (C=O) groups excluding carboxylic acids is 1. The molecule has 1 aliphatic carbocycles. The predicted octanol–water partition coefficient (Wildman–Crippen LogP) is 1.72. The summed E-state index contributed by atoms with van der Waals surface area (Å²) in [6.45, 7) is 3.10. The zero-order chi connectivity index (χ0) is 16.3. The second-order valence-electron chi connectivity index (χ2n) is 6.48. The summed E-state index contributed by atoms with van der Waals surface area (Å²) < 4.78 is 5.19. The van der Waals surface area contributed by atoms with Crippen molar-refractivity contribution in [2.24, 2.45) is 0 Å². The van der Waals surface area contributed by atoms with Crippen molar-refractivity contribution in [3.63, 3.8) is 0 Å². The minimum atomic E-state index is -0.659. The van der Waals surface area contributed by atoms with Gasteiger partial charge in [-0.3, -0.25) is 9.69 Å². The number of hydrogen-bond donors (Lipinski definition) is 1. The molecule has 3 rings (SSSR count). The summed E-state index contributed by atoms with van der Waals surface area (Å²) in [5, 5.41) is 16.4. The largest absolute Gasteiger partial charge is 0.339 e. The number of aromatic nitrogens is 2. The Kier molecular flexibility index (Phi) is 4.62. The highest BCUT2D eigenvalue weighted by Gasteiger charge is 2.37. The van der Waals surface area contributed by atoms with Crippen molar-refractivity contribution in [2.75, 3.05) is 13.1 Å². The molecule has 124 valence electrons. The smallest absolute Gasteiger partial charge is 0.235 e. The van der Waals surface area contributed by atoms with Crippen LogP contribution in [0.3, 0.4) is 0 Å². The van der Waals surface area contributed by atoms with E-state index in [0.717, 1.165) is 45.1 Å². The van der Waals surface area contributed by atoms with Crippen molar-refractivity contribution in [1.29, 1.82) is 5.26 Å². The molecular weight excluding hydrogens is 294 g/mol. The van der Waals surface area contributed by atoms with Crippen LogP contribution in [-0.4, -0.2) is 39.6 Å². The number of nitriles is 1. The number of rotatable bonds is 5. The summed E-state index contributed by atoms with van der Waals surface area (Å²) in [6, 6.07) is 2.33. The van der Waals surface area contributed by atoms with Gasteiger partial charge in [-0.25, -0.2) is 0 Å². The van der Waals surface area contributed by atoms with Crippen LogP contribution < -0.4 is 5.32 Å². The molecule has 0 bridgehead atoms. The Hall–Kier alpha value is -1.94. The van der Waals surface area contributed by atoms with Gasteiger partial charge in [-0.1, -0.05) is 12.1 Å². The fourth-order valence-electron chi connectivity index (χ4n) is 3.59. The maximum absolute atomic E-state index is 12.4. The summed E-state index contributed by atoms with van der Waals surface area (Å²) >= 11 is 0. The van der Waals surface area contributed by atoms with E-state index in [1.165, 1.54) is 0 Å². The molecule has 1 N–H and O–H groups in total. The number of nitrogens with one attached hydrogen (secondary N) is 1. The average molecular weight is 317 g/mol. The van der Waals surface area contributed by atoms with Gasteiger partial charge in [-0.05, 0) is 45.1 Å². The first-order valence-electron chi connectivity index (χ1n) is 8.44. The van der Waals surface area contributed by atoms with E-state index in [9.17, 15) is 10.1 Å². The second-order valence-corrected chi connectivity index (χ2v) is 6.48. The Labute approximate surface area is 136 Å². The molecule has 1 aromatic rings. The molecule has 23 heavy (non-hydrogen) atoms. The lowest BCUT2D eigenvalue weighted by atomic mass is 10.00. The van der Waals surface area contributed by atoms with Gasteiger partial charge in [0.1, 0.15) is 5.54 Å². The molecule has 1 aliphatic heterocycles. The van der Waals surface area contributed by atoms with E-state index in [0.29, 0.717) is 18.1 Å². The SMILES string of the molecule is CCc1nc([C@H]2CCCN2CC(=O)NC2(C#N)CCCC2)no1. The first kappa shape index (κ1) is 15.9. The quantitative estimate of drug-likeness (QED) is 0.888. The Morgan fingerprint density at radius 3 is 2.91 bits per heavy atom. The molecule has 1 aromatic heterocycles. The van der Waals surface area contributed by atoms with Gasteiger partial charge in [0.25, 0.3) is 0 Å². The molecule has 2 aliphatic rings. The third kappa shape index (κ3) is 3.37. The van der Waals surface area contributed by atoms with Crippen LogP contribution in [-0.2, 0) is 11.2 Å². The Balaban J connectivity index is 1.62. The van der Waals surface area contributed by atoms with Gasteiger partial charge >= 0.3 is 0 Å². The molecule has 0 radical (unpaired) electrons. The third-order valence-electron chi connectivity index (χ3n) is 4.84. The van der Waals surface area contributed by atoms with Gasteiger partial charge in [0.05, 0.1) is 18.7 Å². The minimum Gasteiger partial charge on any atom is -0.339 e. The zero-order valence-electron chi connectivity index (χ0n) is 13.5. The van der Waals surface area contributed by atoms with Gasteiger partial charge in [0.15, 0.2) is 5.82 Å². The van der Waals surface area contributed by atoms with Crippen LogP contribution in [0.1, 0.15) is 63.2 Å². The molecular formula is C16H23N5O2. The number of carbonyl (C=O) groups is 1. The molecule has 1 atom stereocenters. The fraction of sp³-hybridized carbons (Fsp3) is 0.750. The van der Waals surface area contributed by atoms with E-state index >= 15 is 0 Å². The molecule has 0 unspecified atom stereocenters. The van der Waals surface area contributed by atoms with Crippen LogP contribution in [0.15, 0.2) is 4.52 Å². The van der Waals surface area contributed by atoms with Crippen LogP contribution >= 0.6 is 0 Å². The minimum absolute atomic E-state index is 0.0337. The van der Waals surface area contributed by atoms with Crippen LogP contribution in [0.25, 0.3) is 0 Å². The number of nitrogens with zero attached hydrogens (tertiary/aromatic N) is 4. The van der Waals surface area contributed by atoms with Gasteiger partial charge in [0, 0.05) is 6.42 Å². The normalized spacial score (nSPS) is 23.7. The van der Waals surface area contributed by atoms with E-state index in [2.05, 4.69) is 26.4 Å². The lowest BCUT2D eigenvalue weighted by Gasteiger charge is -2.26. The molecule has 7 nitrogen and oxygen atoms in total. The monoisotopic (exact) mass is 317 g/mol. The molecule has 0 spiro atoms. The first-order valence-corrected chi connectivity index (χ1v) is 8.44. The van der Waals surface area contributed by atoms with Crippen molar-refractivity contribution >= 4 is 5.91 Å². The topological polar surface area (TPSA) is 95.1 Å². The molecule has 2 heterocycles. The molecule has 2 fully saturated rings. The number of amides is 1. The zero-order valence-corrected chi connectivity index (χ0v) is 13.5. The molecule has 1 saturated heterocycles. The van der Waals surface area contributed by atoms with E-state index < -0.39 is 5.54 Å². The predicted molar refractivity (Wildman–Crippen MR) is 82.2 cm³/mol. The Morgan fingerprint density at radius 1 is 1.48 bits per heavy atom. The molecule has 7 heteroatoms. The van der Waals surface area contributed by atoms with Crippen molar-refractivity contribution in [2.45, 2.75) is 63.5 Å². The third-order valence-corrected chi connectivity index (χ3v) is 4.84. The van der Waals surface area contributed by atoms with E-state index in [1.807, 2.05) is 6.92 Å². The van der Waals surface area contributed by atoms with Crippen molar-refractivity contribution in [3.8, 4) is 6.07 Å². The maximum Gasteiger partial charge on any atom is 0.235 e. The highest BCUT2D eigenvalue weighted by atomic mass is 16.5. The fourth-order valence-corrected chi connectivity index (χ4v) is 3.59. The first-order chi connectivity index (χ1) is 11.2. The van der Waals surface area contributed by atoms with E-state index in [1.54, 1.807) is 0 Å². The summed E-state index contributed by atoms with van der Waals surface area (Å²) in [5.74, 6) is 1.22. The highest BCUT2D eigenvalue weighted by Crippen LogP contribution is 2.31. The van der Waals surface area contributed by atoms with Gasteiger partial charge < -0.3 is 9.84 Å². The van der Waals surface area contributed by atoms with Crippen molar-refractivity contribution in [3.05, 3.63) is 11.7 Å². The Morgan fingerprint density at radius 2 is 2.26 bits per heavy atom. The lowest BCUT2D eigenvalue weighted by Crippen LogP contribution is -2.49. The molecule has 0 aromatic carbocycles. The van der Waals surface area contributed by atoms with Crippen LogP contribution in [0, 0.1) is 11.3 Å². The van der Waals surface area contributed by atoms with Gasteiger partial charge in [-0.15, -0.1) is 0 Å². The maximum atomic E-state index is 12.4.